The van der Waals surface area contributed by atoms with E-state index >= 15 is 0 Å². The van der Waals surface area contributed by atoms with Crippen LogP contribution in [0.25, 0.3) is 0 Å². The Morgan fingerprint density at radius 1 is 0.900 bits per heavy atom. The molecule has 0 saturated heterocycles. The minimum atomic E-state index is 0.823. The third-order valence-electron chi connectivity index (χ3n) is 3.38. The van der Waals surface area contributed by atoms with E-state index in [-0.39, 0.29) is 0 Å². The van der Waals surface area contributed by atoms with Gasteiger partial charge in [-0.15, -0.1) is 0 Å². The van der Waals surface area contributed by atoms with Gasteiger partial charge in [0, 0.05) is 0 Å². The lowest BCUT2D eigenvalue weighted by Crippen LogP contribution is -2.10. The number of fused-ring (bicyclic) bond motifs is 1. The fraction of sp³-hybridized carbons (Fsp3) is 0.600. The largest absolute Gasteiger partial charge is 0.0848 e. The monoisotopic (exact) mass is 132 g/mol. The van der Waals surface area contributed by atoms with Crippen LogP contribution in [0, 0.1) is 23.7 Å². The van der Waals surface area contributed by atoms with Crippen molar-refractivity contribution in [3.8, 4) is 0 Å². The minimum absolute atomic E-state index is 0.823. The van der Waals surface area contributed by atoms with Crippen molar-refractivity contribution in [2.24, 2.45) is 23.7 Å². The van der Waals surface area contributed by atoms with E-state index in [1.54, 1.807) is 0 Å². The molecule has 0 radical (unpaired) electrons. The Morgan fingerprint density at radius 3 is 2.80 bits per heavy atom. The van der Waals surface area contributed by atoms with E-state index in [1.807, 2.05) is 0 Å². The van der Waals surface area contributed by atoms with E-state index in [0.29, 0.717) is 0 Å². The standard InChI is InChI=1S/C10H12/c1-2-8-3-4-9-5-7(1)6-10(8)9/h1-4,7-10H,5-6H2. The van der Waals surface area contributed by atoms with E-state index in [9.17, 15) is 0 Å². The second-order valence-electron chi connectivity index (χ2n) is 3.91. The first kappa shape index (κ1) is 5.17. The summed E-state index contributed by atoms with van der Waals surface area (Å²) in [5.74, 6) is 3.72. The first-order valence-corrected chi connectivity index (χ1v) is 4.30. The quantitative estimate of drug-likeness (QED) is 0.444. The predicted molar refractivity (Wildman–Crippen MR) is 41.5 cm³/mol. The molecule has 3 rings (SSSR count). The Morgan fingerprint density at radius 2 is 1.80 bits per heavy atom. The van der Waals surface area contributed by atoms with Crippen LogP contribution in [0.4, 0.5) is 0 Å². The third kappa shape index (κ3) is 0.484. The SMILES string of the molecule is C1=CC2C=CC3CC1CC23. The van der Waals surface area contributed by atoms with Gasteiger partial charge in [0.25, 0.3) is 0 Å². The lowest BCUT2D eigenvalue weighted by atomic mass is 9.87. The number of hydrogen-bond acceptors (Lipinski definition) is 0. The van der Waals surface area contributed by atoms with Crippen LogP contribution in [0.15, 0.2) is 24.3 Å². The summed E-state index contributed by atoms with van der Waals surface area (Å²) in [6, 6.07) is 0. The number of rotatable bonds is 0. The second-order valence-corrected chi connectivity index (χ2v) is 3.91. The average molecular weight is 132 g/mol. The van der Waals surface area contributed by atoms with Crippen LogP contribution in [0.3, 0.4) is 0 Å². The molecule has 52 valence electrons. The molecule has 0 N–H and O–H groups in total. The summed E-state index contributed by atoms with van der Waals surface area (Å²) in [6.45, 7) is 0. The highest BCUT2D eigenvalue weighted by Crippen LogP contribution is 2.49. The topological polar surface area (TPSA) is 0 Å². The maximum absolute atomic E-state index is 2.44. The van der Waals surface area contributed by atoms with Crippen molar-refractivity contribution >= 4 is 0 Å². The van der Waals surface area contributed by atoms with Crippen LogP contribution < -0.4 is 0 Å². The zero-order valence-corrected chi connectivity index (χ0v) is 6.03. The van der Waals surface area contributed by atoms with Gasteiger partial charge in [-0.1, -0.05) is 24.3 Å². The van der Waals surface area contributed by atoms with Crippen LogP contribution in [0.5, 0.6) is 0 Å². The summed E-state index contributed by atoms with van der Waals surface area (Å²) in [6.07, 6.45) is 12.6. The van der Waals surface area contributed by atoms with E-state index in [1.165, 1.54) is 12.8 Å². The zero-order chi connectivity index (χ0) is 6.55. The van der Waals surface area contributed by atoms with Gasteiger partial charge in [-0.2, -0.15) is 0 Å². The molecule has 0 aliphatic heterocycles. The lowest BCUT2D eigenvalue weighted by molar-refractivity contribution is 0.417. The molecule has 0 heteroatoms. The summed E-state index contributed by atoms with van der Waals surface area (Å²) in [4.78, 5) is 0. The van der Waals surface area contributed by atoms with Gasteiger partial charge in [0.05, 0.1) is 0 Å². The molecule has 1 fully saturated rings. The molecule has 0 nitrogen and oxygen atoms in total. The fourth-order valence-electron chi connectivity index (χ4n) is 2.87. The fourth-order valence-corrected chi connectivity index (χ4v) is 2.87. The molecule has 3 aliphatic carbocycles. The normalized spacial score (nSPS) is 54.4. The van der Waals surface area contributed by atoms with Crippen LogP contribution >= 0.6 is 0 Å². The predicted octanol–water partition coefficient (Wildman–Crippen LogP) is 2.38. The molecule has 3 unspecified atom stereocenters. The van der Waals surface area contributed by atoms with E-state index in [4.69, 9.17) is 0 Å². The molecule has 0 spiro atoms. The Balaban J connectivity index is 2.10. The lowest BCUT2D eigenvalue weighted by Gasteiger charge is -2.18. The number of allylic oxidation sites excluding steroid dienone is 4. The van der Waals surface area contributed by atoms with E-state index < -0.39 is 0 Å². The molecular formula is C10H12. The first-order chi connectivity index (χ1) is 4.93. The molecule has 0 aromatic carbocycles. The van der Waals surface area contributed by atoms with Crippen molar-refractivity contribution in [2.45, 2.75) is 12.8 Å². The molecular weight excluding hydrogens is 120 g/mol. The van der Waals surface area contributed by atoms with Crippen molar-refractivity contribution in [1.29, 1.82) is 0 Å². The van der Waals surface area contributed by atoms with E-state index in [2.05, 4.69) is 24.3 Å². The van der Waals surface area contributed by atoms with Gasteiger partial charge < -0.3 is 0 Å². The molecule has 0 aromatic heterocycles. The molecule has 2 bridgehead atoms. The molecule has 0 heterocycles. The summed E-state index contributed by atoms with van der Waals surface area (Å²) < 4.78 is 0. The summed E-state index contributed by atoms with van der Waals surface area (Å²) in [7, 11) is 0. The Labute approximate surface area is 61.6 Å². The molecule has 3 aliphatic rings. The van der Waals surface area contributed by atoms with Crippen molar-refractivity contribution in [2.75, 3.05) is 0 Å². The smallest absolute Gasteiger partial charge is 0.00192 e. The highest BCUT2D eigenvalue weighted by atomic mass is 14.4. The van der Waals surface area contributed by atoms with Crippen molar-refractivity contribution < 1.29 is 0 Å². The Hall–Kier alpha value is -0.520. The highest BCUT2D eigenvalue weighted by Gasteiger charge is 2.40. The summed E-state index contributed by atoms with van der Waals surface area (Å²) >= 11 is 0. The molecule has 1 saturated carbocycles. The molecule has 10 heavy (non-hydrogen) atoms. The summed E-state index contributed by atoms with van der Waals surface area (Å²) in [5.41, 5.74) is 0. The first-order valence-electron chi connectivity index (χ1n) is 4.30. The van der Waals surface area contributed by atoms with Gasteiger partial charge in [-0.05, 0) is 36.5 Å². The van der Waals surface area contributed by atoms with Gasteiger partial charge >= 0.3 is 0 Å². The van der Waals surface area contributed by atoms with E-state index in [0.717, 1.165) is 23.7 Å². The van der Waals surface area contributed by atoms with Crippen LogP contribution in [-0.2, 0) is 0 Å². The summed E-state index contributed by atoms with van der Waals surface area (Å²) in [5, 5.41) is 0. The number of hydrogen-bond donors (Lipinski definition) is 0. The Bertz CT molecular complexity index is 212. The molecule has 0 amide bonds. The Kier molecular flexibility index (Phi) is 0.803. The van der Waals surface area contributed by atoms with Crippen LogP contribution in [0.1, 0.15) is 12.8 Å². The maximum atomic E-state index is 2.44. The highest BCUT2D eigenvalue weighted by molar-refractivity contribution is 5.21. The molecule has 3 atom stereocenters. The van der Waals surface area contributed by atoms with Gasteiger partial charge in [0.2, 0.25) is 0 Å². The second kappa shape index (κ2) is 1.55. The van der Waals surface area contributed by atoms with Crippen molar-refractivity contribution in [1.82, 2.24) is 0 Å². The average Bonchev–Trinajstić information content (AvgIpc) is 2.38. The zero-order valence-electron chi connectivity index (χ0n) is 6.03. The minimum Gasteiger partial charge on any atom is -0.0848 e. The van der Waals surface area contributed by atoms with Crippen molar-refractivity contribution in [3.05, 3.63) is 24.3 Å². The van der Waals surface area contributed by atoms with Gasteiger partial charge in [0.1, 0.15) is 0 Å². The van der Waals surface area contributed by atoms with Crippen LogP contribution in [-0.4, -0.2) is 0 Å². The maximum Gasteiger partial charge on any atom is -0.00192 e. The van der Waals surface area contributed by atoms with Crippen LogP contribution in [0.2, 0.25) is 0 Å². The van der Waals surface area contributed by atoms with Gasteiger partial charge in [0.15, 0.2) is 0 Å². The third-order valence-corrected chi connectivity index (χ3v) is 3.38. The molecule has 0 aromatic rings. The van der Waals surface area contributed by atoms with Gasteiger partial charge in [-0.3, -0.25) is 0 Å². The van der Waals surface area contributed by atoms with Crippen molar-refractivity contribution in [3.63, 3.8) is 0 Å². The van der Waals surface area contributed by atoms with Gasteiger partial charge in [-0.25, -0.2) is 0 Å².